The van der Waals surface area contributed by atoms with Crippen molar-refractivity contribution in [3.63, 3.8) is 0 Å². The van der Waals surface area contributed by atoms with Crippen molar-refractivity contribution in [2.24, 2.45) is 35.2 Å². The molecule has 10 aromatic carbocycles. The van der Waals surface area contributed by atoms with Crippen molar-refractivity contribution in [2.75, 3.05) is 0 Å². The van der Waals surface area contributed by atoms with E-state index in [1.54, 1.807) is 0 Å². The van der Waals surface area contributed by atoms with Gasteiger partial charge in [0.05, 0.1) is 89.8 Å². The Hall–Kier alpha value is -14.7. The number of benzene rings is 10. The number of hydrogen-bond acceptors (Lipinski definition) is 5. The van der Waals surface area contributed by atoms with Gasteiger partial charge in [-0.05, 0) is 299 Å². The maximum Gasteiger partial charge on any atom is 0.297 e. The fraction of sp³-hybridized carbons (Fsp3) is 0.182. The molecular formula is C110H100N15+5. The molecule has 125 heavy (non-hydrogen) atoms. The number of nitrogens with zero attached hydrogens (tertiary/aromatic N) is 15. The van der Waals surface area contributed by atoms with Crippen LogP contribution >= 0.6 is 0 Å². The first-order valence-electron chi connectivity index (χ1n) is 43.2. The Kier molecular flexibility index (Phi) is 18.0. The van der Waals surface area contributed by atoms with Gasteiger partial charge in [-0.15, -0.1) is 0 Å². The van der Waals surface area contributed by atoms with Crippen LogP contribution in [0.4, 0.5) is 0 Å². The third-order valence-electron chi connectivity index (χ3n) is 26.6. The summed E-state index contributed by atoms with van der Waals surface area (Å²) in [6, 6.07) is 76.7. The first-order valence-corrected chi connectivity index (χ1v) is 43.2. The van der Waals surface area contributed by atoms with Gasteiger partial charge in [0.25, 0.3) is 28.2 Å². The Balaban J connectivity index is 0.0000000956. The molecule has 0 fully saturated rings. The number of pyridine rings is 10. The number of imidazole rings is 5. The van der Waals surface area contributed by atoms with Crippen LogP contribution in [-0.4, -0.2) is 47.3 Å². The molecule has 0 aliphatic carbocycles. The lowest BCUT2D eigenvalue weighted by Crippen LogP contribution is -2.27. The fourth-order valence-electron chi connectivity index (χ4n) is 20.8. The van der Waals surface area contributed by atoms with Gasteiger partial charge in [-0.2, -0.15) is 22.0 Å². The molecule has 0 spiro atoms. The summed E-state index contributed by atoms with van der Waals surface area (Å²) in [5, 5.41) is 12.2. The van der Waals surface area contributed by atoms with Crippen LogP contribution in [0.25, 0.3) is 192 Å². The topological polar surface area (TPSA) is 107 Å². The third-order valence-corrected chi connectivity index (χ3v) is 26.6. The first-order chi connectivity index (χ1) is 60.3. The average molecular weight is 1630 g/mol. The molecular weight excluding hydrogens is 1530 g/mol. The van der Waals surface area contributed by atoms with Crippen molar-refractivity contribution >= 4 is 192 Å². The SMILES string of the molecule is Cc1cc(C)c2c(c1)n(C)c1c3c(C)ccnc3c3ccccc3[n+]21.Cc1ccc2c(c1)c1nccc(C)c1c1n2c2c(C)cccc2[n+]1C.Cc1ccc2c(c1)c1nccc(C)c1c1n2c2cc(C)ccc2[n+]1C.Cc1ccc2c(c1)n(C)c1c3c(C)ccnc3c3cccc(C)c3[n+]21.Cc1ccc2c3nccc(C)c3c3n(c2c1)c1cc(C)ccc1[n+]3C. The van der Waals surface area contributed by atoms with Gasteiger partial charge in [-0.3, -0.25) is 24.9 Å². The zero-order valence-electron chi connectivity index (χ0n) is 74.8. The highest BCUT2D eigenvalue weighted by Gasteiger charge is 2.33. The molecule has 0 bridgehead atoms. The first kappa shape index (κ1) is 77.6. The van der Waals surface area contributed by atoms with Crippen LogP contribution in [-0.2, 0) is 35.2 Å². The summed E-state index contributed by atoms with van der Waals surface area (Å²) in [5.74, 6) is 0. The summed E-state index contributed by atoms with van der Waals surface area (Å²) >= 11 is 0. The molecule has 25 rings (SSSR count). The Morgan fingerprint density at radius 2 is 0.592 bits per heavy atom. The van der Waals surface area contributed by atoms with Gasteiger partial charge in [0, 0.05) is 69.0 Å². The van der Waals surface area contributed by atoms with E-state index in [1.807, 2.05) is 31.0 Å². The minimum absolute atomic E-state index is 1.08. The Morgan fingerprint density at radius 3 is 1.14 bits per heavy atom. The van der Waals surface area contributed by atoms with Crippen LogP contribution in [0, 0.1) is 104 Å². The molecule has 0 radical (unpaired) electrons. The summed E-state index contributed by atoms with van der Waals surface area (Å²) in [6.07, 6.45) is 9.59. The summed E-state index contributed by atoms with van der Waals surface area (Å²) in [6.45, 7) is 32.5. The highest BCUT2D eigenvalue weighted by molar-refractivity contribution is 6.16. The molecule has 0 saturated carbocycles. The van der Waals surface area contributed by atoms with E-state index in [4.69, 9.17) is 24.9 Å². The van der Waals surface area contributed by atoms with E-state index < -0.39 is 0 Å². The van der Waals surface area contributed by atoms with Crippen LogP contribution in [0.5, 0.6) is 0 Å². The molecule has 0 unspecified atom stereocenters. The minimum atomic E-state index is 1.08. The number of rotatable bonds is 0. The van der Waals surface area contributed by atoms with Crippen molar-refractivity contribution in [1.29, 1.82) is 0 Å². The second kappa shape index (κ2) is 29.0. The number of para-hydroxylation sites is 3. The van der Waals surface area contributed by atoms with E-state index in [0.717, 1.165) is 27.6 Å². The second-order valence-electron chi connectivity index (χ2n) is 35.3. The molecule has 25 aromatic rings. The largest absolute Gasteiger partial charge is 0.297 e. The van der Waals surface area contributed by atoms with Crippen LogP contribution in [0.2, 0.25) is 0 Å². The smallest absolute Gasteiger partial charge is 0.255 e. The standard InChI is InChI=1S/5C22H20N3/c1-13-5-7-17-16(11-13)21-20(15(3)9-10-23-21)22-24(4)18-8-6-14(2)12-19(18)25(17)22;1-13-5-7-16-18(11-13)25-19-12-14(2)6-8-17(19)24(4)22(25)20-15(3)9-10-23-21(16)20;1-13-8-9-17-16(12-13)20-19(14(2)10-11-23-20)22-24(4)18-7-5-6-15(3)21(18)25(17)22;1-13-8-9-17-18(12-13)24(4)22-19-14(2)10-11-23-20(19)16-7-5-6-15(3)21(16)25(17)22;1-13-11-15(3)21-18(12-13)24(4)22-19-14(2)9-10-23-20(19)16-7-5-6-8-17(16)25(21)22/h5*5-12H,1-4H3/q5*+1. The molecule has 0 aliphatic rings. The molecule has 0 saturated heterocycles. The van der Waals surface area contributed by atoms with Crippen LogP contribution in [0.15, 0.2) is 243 Å². The van der Waals surface area contributed by atoms with E-state index in [0.29, 0.717) is 0 Å². The van der Waals surface area contributed by atoms with Crippen LogP contribution in [0.3, 0.4) is 0 Å². The Bertz CT molecular complexity index is 8990. The molecule has 15 heterocycles. The summed E-state index contributed by atoms with van der Waals surface area (Å²) in [5.41, 5.74) is 49.1. The van der Waals surface area contributed by atoms with Gasteiger partial charge < -0.3 is 0 Å². The van der Waals surface area contributed by atoms with E-state index in [2.05, 4.69) is 396 Å². The second-order valence-corrected chi connectivity index (χ2v) is 35.3. The van der Waals surface area contributed by atoms with Crippen LogP contribution in [0.1, 0.15) is 83.5 Å². The molecule has 0 N–H and O–H groups in total. The number of aromatic nitrogens is 15. The van der Waals surface area contributed by atoms with Crippen molar-refractivity contribution < 1.29 is 22.5 Å². The van der Waals surface area contributed by atoms with Gasteiger partial charge in [0.15, 0.2) is 55.2 Å². The lowest BCUT2D eigenvalue weighted by Gasteiger charge is -2.07. The number of fused-ring (bicyclic) bond motifs is 40. The lowest BCUT2D eigenvalue weighted by molar-refractivity contribution is -0.617. The molecule has 0 aliphatic heterocycles. The summed E-state index contributed by atoms with van der Waals surface area (Å²) in [7, 11) is 10.8. The van der Waals surface area contributed by atoms with Crippen molar-refractivity contribution in [2.45, 2.75) is 104 Å². The summed E-state index contributed by atoms with van der Waals surface area (Å²) in [4.78, 5) is 23.8. The van der Waals surface area contributed by atoms with E-state index in [-0.39, 0.29) is 0 Å². The molecule has 15 nitrogen and oxygen atoms in total. The molecule has 15 aromatic heterocycles. The molecule has 15 heteroatoms. The van der Waals surface area contributed by atoms with Gasteiger partial charge in [0.1, 0.15) is 27.6 Å². The minimum Gasteiger partial charge on any atom is -0.255 e. The van der Waals surface area contributed by atoms with Gasteiger partial charge in [-0.1, -0.05) is 90.0 Å². The van der Waals surface area contributed by atoms with Gasteiger partial charge in [-0.25, -0.2) is 22.8 Å². The van der Waals surface area contributed by atoms with Crippen molar-refractivity contribution in [3.8, 4) is 0 Å². The number of hydrogen-bond donors (Lipinski definition) is 0. The molecule has 0 amide bonds. The maximum atomic E-state index is 4.77. The van der Waals surface area contributed by atoms with Gasteiger partial charge >= 0.3 is 0 Å². The van der Waals surface area contributed by atoms with Crippen LogP contribution < -0.4 is 22.5 Å². The Labute approximate surface area is 723 Å². The Morgan fingerprint density at radius 1 is 0.224 bits per heavy atom. The zero-order chi connectivity index (χ0) is 86.5. The monoisotopic (exact) mass is 1630 g/mol. The average Bonchev–Trinajstić information content (AvgIpc) is 1.54. The predicted molar refractivity (Wildman–Crippen MR) is 515 cm³/mol. The van der Waals surface area contributed by atoms with Crippen molar-refractivity contribution in [3.05, 3.63) is 327 Å². The highest BCUT2D eigenvalue weighted by Crippen LogP contribution is 2.40. The van der Waals surface area contributed by atoms with Gasteiger partial charge in [0.2, 0.25) is 0 Å². The predicted octanol–water partition coefficient (Wildman–Crippen LogP) is 22.7. The molecule has 0 atom stereocenters. The quantitative estimate of drug-likeness (QED) is 0.111. The summed E-state index contributed by atoms with van der Waals surface area (Å²) < 4.78 is 23.6. The van der Waals surface area contributed by atoms with E-state index >= 15 is 0 Å². The third kappa shape index (κ3) is 11.7. The highest BCUT2D eigenvalue weighted by atomic mass is 15.2. The van der Waals surface area contributed by atoms with Crippen molar-refractivity contribution in [1.82, 2.24) is 47.3 Å². The fourth-order valence-corrected chi connectivity index (χ4v) is 20.8. The normalized spacial score (nSPS) is 12.0. The lowest BCUT2D eigenvalue weighted by atomic mass is 10.0. The van der Waals surface area contributed by atoms with E-state index in [9.17, 15) is 0 Å². The zero-order valence-corrected chi connectivity index (χ0v) is 74.8. The van der Waals surface area contributed by atoms with E-state index in [1.165, 1.54) is 248 Å². The number of aryl methyl sites for hydroxylation is 20. The molecule has 610 valence electrons. The maximum absolute atomic E-state index is 4.77.